The van der Waals surface area contributed by atoms with E-state index in [4.69, 9.17) is 21.1 Å². The molecule has 3 aliphatic rings. The molecule has 0 aromatic heterocycles. The third kappa shape index (κ3) is 4.28. The SMILES string of the molecule is O=C(Nc1cccc(Cl)c1)N1CC2(C1)CS(=O)(=O)[C@@H](CN1CCOCC1)CO2. The molecule has 10 heteroatoms. The maximum absolute atomic E-state index is 12.8. The Kier molecular flexibility index (Phi) is 5.54. The molecular weight excluding hydrogens is 406 g/mol. The van der Waals surface area contributed by atoms with Crippen molar-refractivity contribution >= 4 is 33.2 Å². The maximum atomic E-state index is 12.8. The van der Waals surface area contributed by atoms with E-state index in [1.165, 1.54) is 0 Å². The van der Waals surface area contributed by atoms with Gasteiger partial charge < -0.3 is 19.7 Å². The van der Waals surface area contributed by atoms with Crippen LogP contribution in [0.2, 0.25) is 5.02 Å². The van der Waals surface area contributed by atoms with Crippen LogP contribution in [0.1, 0.15) is 0 Å². The lowest BCUT2D eigenvalue weighted by Gasteiger charge is -2.52. The summed E-state index contributed by atoms with van der Waals surface area (Å²) in [5, 5.41) is 2.78. The Labute approximate surface area is 169 Å². The van der Waals surface area contributed by atoms with E-state index in [0.29, 0.717) is 30.5 Å². The summed E-state index contributed by atoms with van der Waals surface area (Å²) in [6.07, 6.45) is 0. The zero-order valence-electron chi connectivity index (χ0n) is 15.5. The van der Waals surface area contributed by atoms with E-state index in [9.17, 15) is 13.2 Å². The van der Waals surface area contributed by atoms with Crippen LogP contribution in [0.3, 0.4) is 0 Å². The van der Waals surface area contributed by atoms with Gasteiger partial charge in [-0.05, 0) is 18.2 Å². The van der Waals surface area contributed by atoms with Crippen LogP contribution in [0.4, 0.5) is 10.5 Å². The minimum Gasteiger partial charge on any atom is -0.379 e. The molecule has 1 spiro atoms. The van der Waals surface area contributed by atoms with E-state index in [1.54, 1.807) is 29.2 Å². The number of ether oxygens (including phenoxy) is 2. The van der Waals surface area contributed by atoms with E-state index < -0.39 is 20.7 Å². The van der Waals surface area contributed by atoms with Crippen LogP contribution in [0, 0.1) is 0 Å². The fourth-order valence-corrected chi connectivity index (χ4v) is 6.02. The van der Waals surface area contributed by atoms with Gasteiger partial charge in [0.05, 0.1) is 43.9 Å². The van der Waals surface area contributed by atoms with Gasteiger partial charge >= 0.3 is 6.03 Å². The molecule has 1 N–H and O–H groups in total. The number of sulfone groups is 1. The number of anilines is 1. The molecule has 3 fully saturated rings. The molecule has 4 rings (SSSR count). The number of morpholine rings is 1. The van der Waals surface area contributed by atoms with Crippen LogP contribution in [0.5, 0.6) is 0 Å². The number of benzene rings is 1. The van der Waals surface area contributed by atoms with Gasteiger partial charge in [-0.3, -0.25) is 4.90 Å². The first kappa shape index (κ1) is 19.9. The van der Waals surface area contributed by atoms with Crippen molar-refractivity contribution in [2.75, 3.05) is 63.6 Å². The van der Waals surface area contributed by atoms with Crippen molar-refractivity contribution in [1.82, 2.24) is 9.80 Å². The Morgan fingerprint density at radius 2 is 2.04 bits per heavy atom. The number of hydrogen-bond acceptors (Lipinski definition) is 6. The van der Waals surface area contributed by atoms with Crippen molar-refractivity contribution in [3.8, 4) is 0 Å². The standard InChI is InChI=1S/C18H24ClN3O5S/c19-14-2-1-3-15(8-14)20-17(23)22-11-18(12-22)13-28(24,25)16(10-27-18)9-21-4-6-26-7-5-21/h1-3,8,16H,4-7,9-13H2,(H,20,23)/t16-/m0/s1. The number of nitrogens with one attached hydrogen (secondary N) is 1. The van der Waals surface area contributed by atoms with E-state index in [2.05, 4.69) is 10.2 Å². The predicted molar refractivity (Wildman–Crippen MR) is 106 cm³/mol. The van der Waals surface area contributed by atoms with Gasteiger partial charge in [-0.1, -0.05) is 17.7 Å². The lowest BCUT2D eigenvalue weighted by atomic mass is 9.96. The molecule has 154 valence electrons. The normalized spacial score (nSPS) is 26.6. The number of amides is 2. The molecule has 3 saturated heterocycles. The third-order valence-electron chi connectivity index (χ3n) is 5.43. The Balaban J connectivity index is 1.31. The summed E-state index contributed by atoms with van der Waals surface area (Å²) >= 11 is 5.93. The Bertz CT molecular complexity index is 837. The van der Waals surface area contributed by atoms with Crippen molar-refractivity contribution in [1.29, 1.82) is 0 Å². The van der Waals surface area contributed by atoms with Gasteiger partial charge in [-0.2, -0.15) is 0 Å². The van der Waals surface area contributed by atoms with Gasteiger partial charge in [0.1, 0.15) is 5.60 Å². The molecule has 0 saturated carbocycles. The Hall–Kier alpha value is -1.39. The molecule has 1 aromatic carbocycles. The molecule has 28 heavy (non-hydrogen) atoms. The number of nitrogens with zero attached hydrogens (tertiary/aromatic N) is 2. The van der Waals surface area contributed by atoms with Crippen molar-refractivity contribution in [2.24, 2.45) is 0 Å². The molecule has 3 aliphatic heterocycles. The van der Waals surface area contributed by atoms with Gasteiger partial charge in [-0.15, -0.1) is 0 Å². The topological polar surface area (TPSA) is 88.2 Å². The first-order valence-corrected chi connectivity index (χ1v) is 11.4. The first-order chi connectivity index (χ1) is 13.4. The highest BCUT2D eigenvalue weighted by atomic mass is 35.5. The zero-order chi connectivity index (χ0) is 19.8. The van der Waals surface area contributed by atoms with Crippen molar-refractivity contribution in [2.45, 2.75) is 10.9 Å². The average Bonchev–Trinajstić information content (AvgIpc) is 2.62. The number of hydrogen-bond donors (Lipinski definition) is 1. The van der Waals surface area contributed by atoms with Crippen LogP contribution >= 0.6 is 11.6 Å². The number of rotatable bonds is 3. The lowest BCUT2D eigenvalue weighted by molar-refractivity contribution is -0.118. The summed E-state index contributed by atoms with van der Waals surface area (Å²) in [5.74, 6) is -0.0457. The molecule has 8 nitrogen and oxygen atoms in total. The van der Waals surface area contributed by atoms with Gasteiger partial charge in [0.25, 0.3) is 0 Å². The number of urea groups is 1. The average molecular weight is 430 g/mol. The molecule has 0 bridgehead atoms. The quantitative estimate of drug-likeness (QED) is 0.773. The lowest BCUT2D eigenvalue weighted by Crippen LogP contribution is -2.71. The first-order valence-electron chi connectivity index (χ1n) is 9.32. The minimum atomic E-state index is -3.29. The molecule has 0 aliphatic carbocycles. The second-order valence-electron chi connectivity index (χ2n) is 7.63. The Morgan fingerprint density at radius 1 is 1.29 bits per heavy atom. The number of carbonyl (C=O) groups excluding carboxylic acids is 1. The second-order valence-corrected chi connectivity index (χ2v) is 10.4. The van der Waals surface area contributed by atoms with Gasteiger partial charge in [0, 0.05) is 30.3 Å². The van der Waals surface area contributed by atoms with Crippen molar-refractivity contribution < 1.29 is 22.7 Å². The van der Waals surface area contributed by atoms with Gasteiger partial charge in [0.2, 0.25) is 0 Å². The summed E-state index contributed by atoms with van der Waals surface area (Å²) in [4.78, 5) is 16.0. The molecule has 3 heterocycles. The predicted octanol–water partition coefficient (Wildman–Crippen LogP) is 1.07. The number of carbonyl (C=O) groups is 1. The van der Waals surface area contributed by atoms with Crippen molar-refractivity contribution in [3.05, 3.63) is 29.3 Å². The molecule has 0 unspecified atom stereocenters. The summed E-state index contributed by atoms with van der Waals surface area (Å²) < 4.78 is 36.9. The molecule has 0 radical (unpaired) electrons. The molecule has 1 aromatic rings. The van der Waals surface area contributed by atoms with E-state index in [-0.39, 0.29) is 31.5 Å². The van der Waals surface area contributed by atoms with Crippen LogP contribution in [-0.4, -0.2) is 93.4 Å². The zero-order valence-corrected chi connectivity index (χ0v) is 17.0. The molecule has 1 atom stereocenters. The van der Waals surface area contributed by atoms with Crippen LogP contribution in [-0.2, 0) is 19.3 Å². The summed E-state index contributed by atoms with van der Waals surface area (Å²) in [5.41, 5.74) is -0.187. The summed E-state index contributed by atoms with van der Waals surface area (Å²) in [6, 6.07) is 6.60. The van der Waals surface area contributed by atoms with Crippen molar-refractivity contribution in [3.63, 3.8) is 0 Å². The van der Waals surface area contributed by atoms with E-state index in [1.807, 2.05) is 0 Å². The smallest absolute Gasteiger partial charge is 0.322 e. The highest BCUT2D eigenvalue weighted by molar-refractivity contribution is 7.92. The Morgan fingerprint density at radius 3 is 2.71 bits per heavy atom. The fraction of sp³-hybridized carbons (Fsp3) is 0.611. The fourth-order valence-electron chi connectivity index (χ4n) is 3.88. The van der Waals surface area contributed by atoms with Crippen LogP contribution < -0.4 is 5.32 Å². The monoisotopic (exact) mass is 429 g/mol. The second kappa shape index (κ2) is 7.79. The van der Waals surface area contributed by atoms with Crippen LogP contribution in [0.15, 0.2) is 24.3 Å². The number of likely N-dealkylation sites (tertiary alicyclic amines) is 1. The van der Waals surface area contributed by atoms with Crippen LogP contribution in [0.25, 0.3) is 0 Å². The highest BCUT2D eigenvalue weighted by Crippen LogP contribution is 2.33. The van der Waals surface area contributed by atoms with E-state index in [0.717, 1.165) is 13.1 Å². The highest BCUT2D eigenvalue weighted by Gasteiger charge is 2.54. The third-order valence-corrected chi connectivity index (χ3v) is 7.90. The summed E-state index contributed by atoms with van der Waals surface area (Å²) in [7, 11) is -3.29. The molecular formula is C18H24ClN3O5S. The molecule has 2 amide bonds. The summed E-state index contributed by atoms with van der Waals surface area (Å²) in [6.45, 7) is 3.93. The maximum Gasteiger partial charge on any atom is 0.322 e. The number of halogens is 1. The van der Waals surface area contributed by atoms with E-state index >= 15 is 0 Å². The largest absolute Gasteiger partial charge is 0.379 e. The minimum absolute atomic E-state index is 0.0457. The van der Waals surface area contributed by atoms with Gasteiger partial charge in [0.15, 0.2) is 9.84 Å². The van der Waals surface area contributed by atoms with Gasteiger partial charge in [-0.25, -0.2) is 13.2 Å².